The van der Waals surface area contributed by atoms with Gasteiger partial charge in [-0.15, -0.1) is 0 Å². The first-order valence-corrected chi connectivity index (χ1v) is 21.3. The van der Waals surface area contributed by atoms with E-state index in [2.05, 4.69) is 33.5 Å². The van der Waals surface area contributed by atoms with E-state index in [0.717, 1.165) is 77.0 Å². The van der Waals surface area contributed by atoms with Crippen LogP contribution < -0.4 is 10.1 Å². The van der Waals surface area contributed by atoms with E-state index >= 15 is 0 Å². The number of anilines is 1. The average molecular weight is 796 g/mol. The number of aliphatic hydroxyl groups excluding tert-OH is 2. The molecule has 3 aromatic carbocycles. The Morgan fingerprint density at radius 3 is 2.46 bits per heavy atom. The minimum absolute atomic E-state index is 0.0334. The maximum absolute atomic E-state index is 14.9. The second-order valence-electron chi connectivity index (χ2n) is 17.1. The molecule has 6 unspecified atom stereocenters. The summed E-state index contributed by atoms with van der Waals surface area (Å²) in [7, 11) is 0. The van der Waals surface area contributed by atoms with Crippen LogP contribution in [0.5, 0.6) is 17.2 Å². The molecule has 2 aromatic heterocycles. The van der Waals surface area contributed by atoms with Gasteiger partial charge in [0, 0.05) is 59.4 Å². The minimum Gasteiger partial charge on any atom is -0.508 e. The minimum atomic E-state index is -1.14. The van der Waals surface area contributed by atoms with Crippen LogP contribution in [0.3, 0.4) is 0 Å². The standard InChI is InChI=1S/C49H53N3O7/c53-32-8-3-5-28(21-32)11-13-33(54)25-39-37-17-19-50-43(37)27-40-42-16-15-36(38-18-20-51-49(38)52-42)30-6-4-7-31(24-30)47(57)41-22-29(12-14-34(55)26-44(56)46(39)40)23-45(48(41)58)59-35-9-1-2-10-35/h3-8,17-24,27,33,35-36,39,42,46-47,50-54,57-58H,1-2,9-16,25-26H2. The van der Waals surface area contributed by atoms with Crippen LogP contribution in [-0.2, 0) is 22.4 Å². The number of rotatable bonds is 7. The van der Waals surface area contributed by atoms with Crippen molar-refractivity contribution >= 4 is 23.5 Å². The Morgan fingerprint density at radius 2 is 1.61 bits per heavy atom. The lowest BCUT2D eigenvalue weighted by Crippen LogP contribution is -2.37. The second-order valence-corrected chi connectivity index (χ2v) is 17.1. The first-order valence-electron chi connectivity index (χ1n) is 21.3. The molecule has 6 bridgehead atoms. The largest absolute Gasteiger partial charge is 0.508 e. The summed E-state index contributed by atoms with van der Waals surface area (Å²) >= 11 is 0. The fraction of sp³-hybridized carbons (Fsp3) is 0.388. The van der Waals surface area contributed by atoms with E-state index in [1.165, 1.54) is 0 Å². The predicted molar refractivity (Wildman–Crippen MR) is 226 cm³/mol. The Bertz CT molecular complexity index is 2370. The molecule has 10 heteroatoms. The van der Waals surface area contributed by atoms with Crippen LogP contribution in [0, 0.1) is 5.92 Å². The molecule has 6 atom stereocenters. The van der Waals surface area contributed by atoms with Gasteiger partial charge < -0.3 is 40.4 Å². The third-order valence-corrected chi connectivity index (χ3v) is 13.2. The number of ether oxygens (including phenoxy) is 1. The first kappa shape index (κ1) is 38.9. The Labute approximate surface area is 344 Å². The molecule has 9 rings (SSSR count). The van der Waals surface area contributed by atoms with Crippen LogP contribution in [0.4, 0.5) is 5.82 Å². The molecule has 3 aliphatic carbocycles. The van der Waals surface area contributed by atoms with Gasteiger partial charge in [0.2, 0.25) is 0 Å². The lowest BCUT2D eigenvalue weighted by Gasteiger charge is -2.37. The molecule has 1 fully saturated rings. The zero-order valence-electron chi connectivity index (χ0n) is 33.2. The van der Waals surface area contributed by atoms with Gasteiger partial charge in [0.1, 0.15) is 29.2 Å². The normalized spacial score (nSPS) is 23.8. The van der Waals surface area contributed by atoms with Crippen molar-refractivity contribution in [3.8, 4) is 17.2 Å². The third kappa shape index (κ3) is 8.08. The lowest BCUT2D eigenvalue weighted by atomic mass is 9.68. The molecule has 7 N–H and O–H groups in total. The van der Waals surface area contributed by atoms with E-state index < -0.39 is 18.1 Å². The second kappa shape index (κ2) is 16.6. The molecule has 1 aliphatic heterocycles. The van der Waals surface area contributed by atoms with Gasteiger partial charge in [-0.2, -0.15) is 0 Å². The van der Waals surface area contributed by atoms with Crippen LogP contribution in [0.25, 0.3) is 6.08 Å². The summed E-state index contributed by atoms with van der Waals surface area (Å²) < 4.78 is 6.35. The van der Waals surface area contributed by atoms with Gasteiger partial charge in [0.05, 0.1) is 18.6 Å². The molecule has 10 nitrogen and oxygen atoms in total. The summed E-state index contributed by atoms with van der Waals surface area (Å²) in [5.41, 5.74) is 7.48. The zero-order valence-corrected chi connectivity index (χ0v) is 33.2. The fourth-order valence-corrected chi connectivity index (χ4v) is 10.2. The summed E-state index contributed by atoms with van der Waals surface area (Å²) in [5.74, 6) is -0.206. The Balaban J connectivity index is 1.10. The first-order chi connectivity index (χ1) is 28.7. The molecule has 4 aliphatic rings. The van der Waals surface area contributed by atoms with Gasteiger partial charge in [-0.1, -0.05) is 36.4 Å². The number of aliphatic hydroxyl groups is 2. The monoisotopic (exact) mass is 795 g/mol. The van der Waals surface area contributed by atoms with Gasteiger partial charge in [-0.3, -0.25) is 9.59 Å². The summed E-state index contributed by atoms with van der Waals surface area (Å²) in [6, 6.07) is 22.3. The predicted octanol–water partition coefficient (Wildman–Crippen LogP) is 8.52. The number of phenolic OH excluding ortho intramolecular Hbond substituents is 2. The van der Waals surface area contributed by atoms with Crippen molar-refractivity contribution in [1.29, 1.82) is 0 Å². The number of fused-ring (bicyclic) bond motifs is 13. The van der Waals surface area contributed by atoms with E-state index in [9.17, 15) is 30.0 Å². The Kier molecular flexibility index (Phi) is 10.9. The highest BCUT2D eigenvalue weighted by Gasteiger charge is 2.42. The van der Waals surface area contributed by atoms with Crippen molar-refractivity contribution in [2.75, 3.05) is 5.32 Å². The van der Waals surface area contributed by atoms with Gasteiger partial charge in [-0.05, 0) is 140 Å². The number of phenols is 2. The summed E-state index contributed by atoms with van der Waals surface area (Å²) in [6.07, 6.45) is 10.7. The maximum Gasteiger partial charge on any atom is 0.163 e. The zero-order chi connectivity index (χ0) is 40.6. The number of H-pyrrole nitrogens is 2. The van der Waals surface area contributed by atoms with E-state index in [1.807, 2.05) is 42.7 Å². The molecule has 0 radical (unpaired) electrons. The highest BCUT2D eigenvalue weighted by atomic mass is 16.5. The van der Waals surface area contributed by atoms with Gasteiger partial charge in [-0.25, -0.2) is 0 Å². The fourth-order valence-electron chi connectivity index (χ4n) is 10.2. The molecular formula is C49H53N3O7. The van der Waals surface area contributed by atoms with Gasteiger partial charge in [0.25, 0.3) is 0 Å². The molecule has 5 aromatic rings. The molecule has 0 saturated heterocycles. The third-order valence-electron chi connectivity index (χ3n) is 13.2. The van der Waals surface area contributed by atoms with E-state index in [0.29, 0.717) is 49.0 Å². The number of benzene rings is 3. The van der Waals surface area contributed by atoms with E-state index in [4.69, 9.17) is 4.74 Å². The van der Waals surface area contributed by atoms with Crippen LogP contribution in [0.15, 0.2) is 90.8 Å². The van der Waals surface area contributed by atoms with Crippen molar-refractivity contribution in [2.24, 2.45) is 5.92 Å². The molecule has 1 saturated carbocycles. The number of carbonyl (C=O) groups excluding carboxylic acids is 2. The Hall–Kier alpha value is -5.58. The summed E-state index contributed by atoms with van der Waals surface area (Å²) in [6.45, 7) is 0. The molecule has 306 valence electrons. The van der Waals surface area contributed by atoms with Crippen molar-refractivity contribution < 1.29 is 34.8 Å². The molecule has 3 heterocycles. The molecule has 0 amide bonds. The topological polar surface area (TPSA) is 168 Å². The molecular weight excluding hydrogens is 743 g/mol. The number of aromatic amines is 2. The number of carbonyl (C=O) groups is 2. The number of Topliss-reactive ketones (excluding diaryl/α,β-unsaturated/α-hetero) is 2. The van der Waals surface area contributed by atoms with Gasteiger partial charge in [0.15, 0.2) is 11.5 Å². The maximum atomic E-state index is 14.9. The van der Waals surface area contributed by atoms with Crippen LogP contribution in [-0.4, -0.2) is 60.2 Å². The lowest BCUT2D eigenvalue weighted by molar-refractivity contribution is -0.129. The van der Waals surface area contributed by atoms with Gasteiger partial charge >= 0.3 is 0 Å². The van der Waals surface area contributed by atoms with E-state index in [-0.39, 0.29) is 59.9 Å². The molecule has 0 spiro atoms. The highest BCUT2D eigenvalue weighted by Crippen LogP contribution is 2.48. The smallest absolute Gasteiger partial charge is 0.163 e. The summed E-state index contributed by atoms with van der Waals surface area (Å²) in [4.78, 5) is 35.6. The van der Waals surface area contributed by atoms with Crippen molar-refractivity contribution in [1.82, 2.24) is 9.97 Å². The van der Waals surface area contributed by atoms with Crippen LogP contribution in [0.2, 0.25) is 0 Å². The molecule has 59 heavy (non-hydrogen) atoms. The summed E-state index contributed by atoms with van der Waals surface area (Å²) in [5, 5.41) is 49.0. The van der Waals surface area contributed by atoms with Crippen molar-refractivity contribution in [3.63, 3.8) is 0 Å². The number of aromatic hydroxyl groups is 2. The number of aryl methyl sites for hydroxylation is 2. The van der Waals surface area contributed by atoms with E-state index in [1.54, 1.807) is 30.3 Å². The number of nitrogens with one attached hydrogen (secondary N) is 3. The number of ketones is 2. The van der Waals surface area contributed by atoms with Crippen molar-refractivity contribution in [3.05, 3.63) is 135 Å². The van der Waals surface area contributed by atoms with Crippen LogP contribution in [0.1, 0.15) is 127 Å². The van der Waals surface area contributed by atoms with Crippen molar-refractivity contribution in [2.45, 2.75) is 113 Å². The number of hydrogen-bond acceptors (Lipinski definition) is 8. The highest BCUT2D eigenvalue weighted by molar-refractivity contribution is 6.02. The number of aromatic nitrogens is 2. The quantitative estimate of drug-likeness (QED) is 0.0805. The van der Waals surface area contributed by atoms with Crippen LogP contribution >= 0.6 is 0 Å². The Morgan fingerprint density at radius 1 is 0.814 bits per heavy atom. The average Bonchev–Trinajstić information content (AvgIpc) is 4.01. The number of hydrogen-bond donors (Lipinski definition) is 7. The SMILES string of the molecule is O=C1CCc2cc(OC3CCCC3)c(O)c(c2)C(O)c2cccc(c2)C2CCC(Nc3[nH]ccc32)C2=Cc3[nH]ccc3C(CC(O)CCc3cccc(O)c3)C2C(=O)C1.